The lowest BCUT2D eigenvalue weighted by atomic mass is 10.3. The highest BCUT2D eigenvalue weighted by Crippen LogP contribution is 2.18. The van der Waals surface area contributed by atoms with Crippen molar-refractivity contribution in [3.8, 4) is 11.8 Å². The Kier molecular flexibility index (Phi) is 5.35. The SMILES string of the molecule is CC(C)S(=O)(=O)N(C)Cc1cc(C#CCO)cs1. The minimum Gasteiger partial charge on any atom is -0.384 e. The molecular weight excluding hydrogens is 270 g/mol. The van der Waals surface area contributed by atoms with Crippen LogP contribution >= 0.6 is 11.3 Å². The maximum atomic E-state index is 11.9. The highest BCUT2D eigenvalue weighted by atomic mass is 32.2. The number of sulfonamides is 1. The maximum absolute atomic E-state index is 11.9. The highest BCUT2D eigenvalue weighted by Gasteiger charge is 2.22. The second kappa shape index (κ2) is 6.34. The molecule has 0 radical (unpaired) electrons. The highest BCUT2D eigenvalue weighted by molar-refractivity contribution is 7.89. The Labute approximate surface area is 112 Å². The van der Waals surface area contributed by atoms with E-state index in [2.05, 4.69) is 11.8 Å². The van der Waals surface area contributed by atoms with Gasteiger partial charge in [0.05, 0.1) is 5.25 Å². The summed E-state index contributed by atoms with van der Waals surface area (Å²) in [7, 11) is -1.64. The van der Waals surface area contributed by atoms with Crippen LogP contribution in [0.1, 0.15) is 24.3 Å². The molecule has 1 aromatic rings. The van der Waals surface area contributed by atoms with E-state index >= 15 is 0 Å². The number of thiophene rings is 1. The molecule has 0 amide bonds. The summed E-state index contributed by atoms with van der Waals surface area (Å²) in [5, 5.41) is 10.0. The molecule has 0 saturated heterocycles. The van der Waals surface area contributed by atoms with Crippen LogP contribution in [0, 0.1) is 11.8 Å². The van der Waals surface area contributed by atoms with Gasteiger partial charge in [0, 0.05) is 29.4 Å². The van der Waals surface area contributed by atoms with E-state index < -0.39 is 15.3 Å². The van der Waals surface area contributed by atoms with E-state index in [0.717, 1.165) is 10.4 Å². The molecule has 4 nitrogen and oxygen atoms in total. The molecule has 1 aromatic heterocycles. The lowest BCUT2D eigenvalue weighted by molar-refractivity contribution is 0.350. The van der Waals surface area contributed by atoms with Gasteiger partial charge in [0.2, 0.25) is 10.0 Å². The Morgan fingerprint density at radius 3 is 2.72 bits per heavy atom. The van der Waals surface area contributed by atoms with Gasteiger partial charge in [0.1, 0.15) is 6.61 Å². The van der Waals surface area contributed by atoms with Crippen LogP contribution in [-0.2, 0) is 16.6 Å². The molecule has 1 N–H and O–H groups in total. The van der Waals surface area contributed by atoms with Crippen molar-refractivity contribution >= 4 is 21.4 Å². The molecule has 0 aliphatic heterocycles. The van der Waals surface area contributed by atoms with Gasteiger partial charge in [0.25, 0.3) is 0 Å². The first-order chi connectivity index (χ1) is 8.37. The van der Waals surface area contributed by atoms with Crippen LogP contribution in [0.3, 0.4) is 0 Å². The Morgan fingerprint density at radius 1 is 1.50 bits per heavy atom. The average Bonchev–Trinajstić information content (AvgIpc) is 2.73. The van der Waals surface area contributed by atoms with E-state index in [1.54, 1.807) is 20.9 Å². The van der Waals surface area contributed by atoms with Crippen LogP contribution in [0.5, 0.6) is 0 Å². The van der Waals surface area contributed by atoms with Gasteiger partial charge in [-0.3, -0.25) is 0 Å². The van der Waals surface area contributed by atoms with Crippen LogP contribution in [0.4, 0.5) is 0 Å². The number of aliphatic hydroxyl groups excluding tert-OH is 1. The summed E-state index contributed by atoms with van der Waals surface area (Å²) >= 11 is 1.47. The first kappa shape index (κ1) is 15.2. The quantitative estimate of drug-likeness (QED) is 0.848. The standard InChI is InChI=1S/C12H17NO3S2/c1-10(2)18(15,16)13(3)8-12-7-11(9-17-12)5-4-6-14/h7,9-10,14H,6,8H2,1-3H3. The summed E-state index contributed by atoms with van der Waals surface area (Å²) in [5.41, 5.74) is 0.805. The third-order valence-electron chi connectivity index (χ3n) is 2.37. The topological polar surface area (TPSA) is 57.6 Å². The predicted molar refractivity (Wildman–Crippen MR) is 73.8 cm³/mol. The van der Waals surface area contributed by atoms with Crippen molar-refractivity contribution in [2.45, 2.75) is 25.6 Å². The number of aliphatic hydroxyl groups is 1. The van der Waals surface area contributed by atoms with Crippen molar-refractivity contribution in [2.24, 2.45) is 0 Å². The van der Waals surface area contributed by atoms with Crippen molar-refractivity contribution < 1.29 is 13.5 Å². The molecule has 0 atom stereocenters. The molecule has 0 aliphatic rings. The molecule has 0 aliphatic carbocycles. The molecule has 0 saturated carbocycles. The summed E-state index contributed by atoms with van der Waals surface area (Å²) in [4.78, 5) is 0.934. The van der Waals surface area contributed by atoms with E-state index in [0.29, 0.717) is 6.54 Å². The molecule has 0 unspecified atom stereocenters. The van der Waals surface area contributed by atoms with Crippen molar-refractivity contribution in [1.82, 2.24) is 4.31 Å². The second-order valence-corrected chi connectivity index (χ2v) is 7.70. The Morgan fingerprint density at radius 2 is 2.17 bits per heavy atom. The molecule has 0 aromatic carbocycles. The monoisotopic (exact) mass is 287 g/mol. The minimum absolute atomic E-state index is 0.174. The number of hydrogen-bond acceptors (Lipinski definition) is 4. The number of rotatable bonds is 4. The van der Waals surface area contributed by atoms with Gasteiger partial charge >= 0.3 is 0 Å². The Balaban J connectivity index is 2.77. The summed E-state index contributed by atoms with van der Waals surface area (Å²) in [6.45, 7) is 3.51. The molecule has 0 fully saturated rings. The van der Waals surface area contributed by atoms with Gasteiger partial charge in [0.15, 0.2) is 0 Å². The molecule has 0 spiro atoms. The van der Waals surface area contributed by atoms with Crippen molar-refractivity contribution in [3.05, 3.63) is 21.9 Å². The van der Waals surface area contributed by atoms with E-state index in [1.807, 2.05) is 11.4 Å². The van der Waals surface area contributed by atoms with Gasteiger partial charge in [-0.1, -0.05) is 11.8 Å². The van der Waals surface area contributed by atoms with Crippen LogP contribution in [0.15, 0.2) is 11.4 Å². The molecule has 100 valence electrons. The first-order valence-corrected chi connectivity index (χ1v) is 7.88. The fourth-order valence-electron chi connectivity index (χ4n) is 1.34. The average molecular weight is 287 g/mol. The second-order valence-electron chi connectivity index (χ2n) is 4.11. The zero-order valence-electron chi connectivity index (χ0n) is 10.7. The zero-order chi connectivity index (χ0) is 13.8. The maximum Gasteiger partial charge on any atom is 0.216 e. The number of hydrogen-bond donors (Lipinski definition) is 1. The van der Waals surface area contributed by atoms with Gasteiger partial charge in [-0.15, -0.1) is 11.3 Å². The third-order valence-corrected chi connectivity index (χ3v) is 5.49. The fraction of sp³-hybridized carbons (Fsp3) is 0.500. The van der Waals surface area contributed by atoms with E-state index in [9.17, 15) is 8.42 Å². The van der Waals surface area contributed by atoms with Crippen molar-refractivity contribution in [3.63, 3.8) is 0 Å². The fourth-order valence-corrected chi connectivity index (χ4v) is 3.33. The molecule has 6 heteroatoms. The van der Waals surface area contributed by atoms with Crippen molar-refractivity contribution in [1.29, 1.82) is 0 Å². The molecule has 0 bridgehead atoms. The van der Waals surface area contributed by atoms with E-state index in [-0.39, 0.29) is 6.61 Å². The van der Waals surface area contributed by atoms with Crippen molar-refractivity contribution in [2.75, 3.05) is 13.7 Å². The lowest BCUT2D eigenvalue weighted by Gasteiger charge is -2.18. The van der Waals surface area contributed by atoms with Crippen LogP contribution in [0.2, 0.25) is 0 Å². The molecule has 18 heavy (non-hydrogen) atoms. The molecule has 1 rings (SSSR count). The Bertz CT molecular complexity index is 549. The van der Waals surface area contributed by atoms with Gasteiger partial charge in [-0.2, -0.15) is 4.31 Å². The van der Waals surface area contributed by atoms with Gasteiger partial charge in [-0.25, -0.2) is 8.42 Å². The third kappa shape index (κ3) is 3.82. The lowest BCUT2D eigenvalue weighted by Crippen LogP contribution is -2.32. The van der Waals surface area contributed by atoms with E-state index in [1.165, 1.54) is 15.6 Å². The van der Waals surface area contributed by atoms with E-state index in [4.69, 9.17) is 5.11 Å². The van der Waals surface area contributed by atoms with Crippen LogP contribution < -0.4 is 0 Å². The molecular formula is C12H17NO3S2. The summed E-state index contributed by atoms with van der Waals surface area (Å²) in [6.07, 6.45) is 0. The minimum atomic E-state index is -3.22. The summed E-state index contributed by atoms with van der Waals surface area (Å²) in [6, 6.07) is 1.85. The van der Waals surface area contributed by atoms with Crippen LogP contribution in [0.25, 0.3) is 0 Å². The smallest absolute Gasteiger partial charge is 0.216 e. The van der Waals surface area contributed by atoms with Gasteiger partial charge in [-0.05, 0) is 19.9 Å². The first-order valence-electron chi connectivity index (χ1n) is 5.50. The number of nitrogens with zero attached hydrogens (tertiary/aromatic N) is 1. The normalized spacial score (nSPS) is 11.7. The molecule has 1 heterocycles. The van der Waals surface area contributed by atoms with Crippen LogP contribution in [-0.4, -0.2) is 36.7 Å². The predicted octanol–water partition coefficient (Wildman–Crippen LogP) is 1.26. The van der Waals surface area contributed by atoms with Gasteiger partial charge < -0.3 is 5.11 Å². The zero-order valence-corrected chi connectivity index (χ0v) is 12.3. The Hall–Kier alpha value is -0.870. The summed E-state index contributed by atoms with van der Waals surface area (Å²) < 4.78 is 25.1. The summed E-state index contributed by atoms with van der Waals surface area (Å²) in [5.74, 6) is 5.35. The largest absolute Gasteiger partial charge is 0.384 e.